The van der Waals surface area contributed by atoms with Crippen LogP contribution in [0.1, 0.15) is 279 Å². The zero-order valence-electron chi connectivity index (χ0n) is 40.1. The molecule has 0 saturated heterocycles. The molecule has 0 aliphatic rings. The maximum atomic E-state index is 13.0. The quantitative estimate of drug-likeness (QED) is 0.0301. The molecule has 0 aliphatic carbocycles. The lowest BCUT2D eigenvalue weighted by atomic mass is 10.0. The highest BCUT2D eigenvalue weighted by molar-refractivity contribution is 7.85. The van der Waals surface area contributed by atoms with Gasteiger partial charge in [0.1, 0.15) is 0 Å². The monoisotopic (exact) mass is 887 g/mol. The average Bonchev–Trinajstić information content (AvgIpc) is 3.26. The third-order valence-electron chi connectivity index (χ3n) is 12.0. The Morgan fingerprint density at radius 2 is 0.694 bits per heavy atom. The molecule has 358 valence electrons. The van der Waals surface area contributed by atoms with Crippen molar-refractivity contribution in [2.45, 2.75) is 263 Å². The Labute approximate surface area is 382 Å². The van der Waals surface area contributed by atoms with Crippen LogP contribution in [0.25, 0.3) is 0 Å². The summed E-state index contributed by atoms with van der Waals surface area (Å²) in [5.74, 6) is -1.49. The van der Waals surface area contributed by atoms with Crippen molar-refractivity contribution in [3.63, 3.8) is 0 Å². The van der Waals surface area contributed by atoms with Gasteiger partial charge in [0.05, 0.1) is 29.2 Å². The molecule has 7 nitrogen and oxygen atoms in total. The number of carbonyl (C=O) groups is 2. The van der Waals surface area contributed by atoms with E-state index in [9.17, 15) is 22.6 Å². The third kappa shape index (κ3) is 35.0. The molecule has 0 aliphatic heterocycles. The highest BCUT2D eigenvalue weighted by Crippen LogP contribution is 2.21. The van der Waals surface area contributed by atoms with E-state index in [2.05, 4.69) is 38.2 Å². The van der Waals surface area contributed by atoms with Gasteiger partial charge in [0.2, 0.25) is 0 Å². The molecule has 1 N–H and O–H groups in total. The fourth-order valence-electron chi connectivity index (χ4n) is 8.12. The van der Waals surface area contributed by atoms with Crippen LogP contribution in [0.2, 0.25) is 0 Å². The Bertz CT molecular complexity index is 1370. The second-order valence-electron chi connectivity index (χ2n) is 17.8. The molecule has 0 heterocycles. The lowest BCUT2D eigenvalue weighted by Crippen LogP contribution is -2.16. The zero-order chi connectivity index (χ0) is 45.0. The highest BCUT2D eigenvalue weighted by atomic mass is 32.2. The molecule has 62 heavy (non-hydrogen) atoms. The summed E-state index contributed by atoms with van der Waals surface area (Å²) in [4.78, 5) is 25.5. The topological polar surface area (TPSA) is 107 Å². The standard InChI is InChI=1S/C54H94O7S/c1-3-5-7-9-11-13-15-17-19-21-23-25-27-29-31-33-35-37-39-41-43-47-60-53(55)51-46-45-50(62(57,58)59)49-52(51)54(56)61-48-44-42-40-38-36-34-32-30-28-26-24-22-20-18-16-14-12-10-8-6-4-2/h5-8,45-46,49H,3-4,9-44,47-48H2,1-2H3,(H,57,58,59)/b7-5+,8-6+. The molecule has 8 heteroatoms. The smallest absolute Gasteiger partial charge is 0.339 e. The van der Waals surface area contributed by atoms with Crippen molar-refractivity contribution >= 4 is 22.1 Å². The first kappa shape index (κ1) is 57.6. The molecule has 0 radical (unpaired) electrons. The van der Waals surface area contributed by atoms with Gasteiger partial charge in [-0.2, -0.15) is 8.42 Å². The molecular formula is C54H94O7S. The van der Waals surface area contributed by atoms with Crippen LogP contribution in [0.5, 0.6) is 0 Å². The summed E-state index contributed by atoms with van der Waals surface area (Å²) in [7, 11) is -4.57. The average molecular weight is 887 g/mol. The molecule has 1 aromatic rings. The van der Waals surface area contributed by atoms with Crippen molar-refractivity contribution in [2.75, 3.05) is 13.2 Å². The fourth-order valence-corrected chi connectivity index (χ4v) is 8.62. The molecule has 0 aromatic heterocycles. The van der Waals surface area contributed by atoms with Crippen molar-refractivity contribution in [2.24, 2.45) is 0 Å². The largest absolute Gasteiger partial charge is 0.462 e. The zero-order valence-corrected chi connectivity index (χ0v) is 40.9. The van der Waals surface area contributed by atoms with E-state index in [0.717, 1.165) is 63.5 Å². The number of hydrogen-bond acceptors (Lipinski definition) is 6. The predicted molar refractivity (Wildman–Crippen MR) is 262 cm³/mol. The van der Waals surface area contributed by atoms with Gasteiger partial charge in [0, 0.05) is 0 Å². The number of hydrogen-bond donors (Lipinski definition) is 1. The normalized spacial score (nSPS) is 11.9. The van der Waals surface area contributed by atoms with Crippen molar-refractivity contribution in [1.29, 1.82) is 0 Å². The van der Waals surface area contributed by atoms with E-state index in [1.165, 1.54) is 192 Å². The van der Waals surface area contributed by atoms with E-state index in [0.29, 0.717) is 6.42 Å². The summed E-state index contributed by atoms with van der Waals surface area (Å²) in [6, 6.07) is 3.33. The van der Waals surface area contributed by atoms with E-state index in [1.54, 1.807) is 0 Å². The van der Waals surface area contributed by atoms with Crippen molar-refractivity contribution < 1.29 is 32.0 Å². The minimum Gasteiger partial charge on any atom is -0.462 e. The molecule has 0 unspecified atom stereocenters. The van der Waals surface area contributed by atoms with Gasteiger partial charge in [0.15, 0.2) is 0 Å². The minimum atomic E-state index is -4.57. The van der Waals surface area contributed by atoms with Crippen molar-refractivity contribution in [3.05, 3.63) is 53.6 Å². The van der Waals surface area contributed by atoms with Gasteiger partial charge in [-0.05, 0) is 69.6 Å². The fraction of sp³-hybridized carbons (Fsp3) is 0.778. The molecule has 0 fully saturated rings. The van der Waals surface area contributed by atoms with Gasteiger partial charge >= 0.3 is 11.9 Å². The molecule has 0 amide bonds. The van der Waals surface area contributed by atoms with Crippen LogP contribution in [-0.2, 0) is 19.6 Å². The van der Waals surface area contributed by atoms with E-state index >= 15 is 0 Å². The molecule has 1 rings (SSSR count). The van der Waals surface area contributed by atoms with Crippen LogP contribution < -0.4 is 0 Å². The van der Waals surface area contributed by atoms with Gasteiger partial charge in [-0.15, -0.1) is 0 Å². The van der Waals surface area contributed by atoms with E-state index in [4.69, 9.17) is 9.47 Å². The Morgan fingerprint density at radius 1 is 0.419 bits per heavy atom. The number of allylic oxidation sites excluding steroid dienone is 4. The van der Waals surface area contributed by atoms with Gasteiger partial charge in [-0.3, -0.25) is 4.55 Å². The van der Waals surface area contributed by atoms with Crippen LogP contribution in [0.3, 0.4) is 0 Å². The third-order valence-corrected chi connectivity index (χ3v) is 12.9. The van der Waals surface area contributed by atoms with Crippen LogP contribution in [-0.4, -0.2) is 38.1 Å². The Kier molecular flexibility index (Phi) is 39.5. The van der Waals surface area contributed by atoms with Crippen molar-refractivity contribution in [3.8, 4) is 0 Å². The van der Waals surface area contributed by atoms with Gasteiger partial charge in [-0.25, -0.2) is 9.59 Å². The second kappa shape index (κ2) is 42.5. The summed E-state index contributed by atoms with van der Waals surface area (Å²) in [5.41, 5.74) is -0.260. The number of esters is 2. The number of unbranched alkanes of at least 4 members (excludes halogenated alkanes) is 34. The van der Waals surface area contributed by atoms with Gasteiger partial charge in [0.25, 0.3) is 10.1 Å². The summed E-state index contributed by atoms with van der Waals surface area (Å²) >= 11 is 0. The first-order valence-electron chi connectivity index (χ1n) is 26.1. The predicted octanol–water partition coefficient (Wildman–Crippen LogP) is 17.2. The SMILES string of the molecule is CC/C=C/CCCCCCCCCCCCCCCCCCCOC(=O)c1ccc(S(=O)(=O)O)cc1C(=O)OCCCCCCCCCCCCCCCCCCC/C=C/CC. The summed E-state index contributed by atoms with van der Waals surface area (Å²) in [5, 5.41) is 0. The Balaban J connectivity index is 2.10. The lowest BCUT2D eigenvalue weighted by molar-refractivity contribution is 0.0450. The number of benzene rings is 1. The first-order chi connectivity index (χ1) is 30.3. The molecule has 0 atom stereocenters. The summed E-state index contributed by atoms with van der Waals surface area (Å²) in [6.07, 6.45) is 56.8. The highest BCUT2D eigenvalue weighted by Gasteiger charge is 2.23. The summed E-state index contributed by atoms with van der Waals surface area (Å²) < 4.78 is 44.1. The lowest BCUT2D eigenvalue weighted by Gasteiger charge is -2.11. The number of carbonyl (C=O) groups excluding carboxylic acids is 2. The van der Waals surface area contributed by atoms with Crippen LogP contribution in [0.4, 0.5) is 0 Å². The van der Waals surface area contributed by atoms with Crippen molar-refractivity contribution in [1.82, 2.24) is 0 Å². The Hall–Kier alpha value is -2.45. The molecule has 0 saturated carbocycles. The van der Waals surface area contributed by atoms with Crippen LogP contribution >= 0.6 is 0 Å². The van der Waals surface area contributed by atoms with E-state index < -0.39 is 27.0 Å². The van der Waals surface area contributed by atoms with E-state index in [1.807, 2.05) is 0 Å². The maximum absolute atomic E-state index is 13.0. The van der Waals surface area contributed by atoms with Crippen LogP contribution in [0, 0.1) is 0 Å². The number of ether oxygens (including phenoxy) is 2. The molecular weight excluding hydrogens is 793 g/mol. The second-order valence-corrected chi connectivity index (χ2v) is 19.2. The maximum Gasteiger partial charge on any atom is 0.339 e. The van der Waals surface area contributed by atoms with Gasteiger partial charge < -0.3 is 9.47 Å². The Morgan fingerprint density at radius 3 is 0.984 bits per heavy atom. The first-order valence-corrected chi connectivity index (χ1v) is 27.5. The van der Waals surface area contributed by atoms with E-state index in [-0.39, 0.29) is 24.3 Å². The van der Waals surface area contributed by atoms with Gasteiger partial charge in [-0.1, -0.05) is 231 Å². The molecule has 0 spiro atoms. The molecule has 0 bridgehead atoms. The minimum absolute atomic E-state index is 0.0547. The van der Waals surface area contributed by atoms with Crippen LogP contribution in [0.15, 0.2) is 47.4 Å². The summed E-state index contributed by atoms with van der Waals surface area (Å²) in [6.45, 7) is 4.79. The molecule has 1 aromatic carbocycles. The number of rotatable bonds is 45.